The van der Waals surface area contributed by atoms with Gasteiger partial charge in [-0.1, -0.05) is 5.21 Å². The van der Waals surface area contributed by atoms with E-state index in [4.69, 9.17) is 14.3 Å². The molecule has 1 aromatic carbocycles. The summed E-state index contributed by atoms with van der Waals surface area (Å²) in [4.78, 5) is 26.3. The second kappa shape index (κ2) is 8.95. The number of carbonyl (C=O) groups excluding carboxylic acids is 1. The van der Waals surface area contributed by atoms with Crippen LogP contribution in [0.3, 0.4) is 0 Å². The fraction of sp³-hybridized carbons (Fsp3) is 0.476. The number of hydroxylamine groups is 2. The van der Waals surface area contributed by atoms with Crippen LogP contribution in [-0.4, -0.2) is 68.0 Å². The Morgan fingerprint density at radius 3 is 2.72 bits per heavy atom. The van der Waals surface area contributed by atoms with E-state index >= 15 is 0 Å². The first-order chi connectivity index (χ1) is 15.3. The third kappa shape index (κ3) is 5.22. The number of aromatic nitrogens is 5. The maximum absolute atomic E-state index is 12.0. The molecule has 0 amide bonds. The molecule has 3 aromatic rings. The molecule has 1 atom stereocenters. The molecule has 0 radical (unpaired) electrons. The summed E-state index contributed by atoms with van der Waals surface area (Å²) in [7, 11) is 1.62. The number of ether oxygens (including phenoxy) is 2. The van der Waals surface area contributed by atoms with Gasteiger partial charge in [0.2, 0.25) is 5.95 Å². The molecule has 170 valence electrons. The molecule has 0 saturated carbocycles. The summed E-state index contributed by atoms with van der Waals surface area (Å²) < 4.78 is 12.1. The summed E-state index contributed by atoms with van der Waals surface area (Å²) in [6, 6.07) is 7.48. The van der Waals surface area contributed by atoms with E-state index in [2.05, 4.69) is 25.6 Å². The highest BCUT2D eigenvalue weighted by Crippen LogP contribution is 2.20. The summed E-state index contributed by atoms with van der Waals surface area (Å²) in [6.45, 7) is 6.54. The molecule has 11 nitrogen and oxygen atoms in total. The maximum atomic E-state index is 12.0. The van der Waals surface area contributed by atoms with Gasteiger partial charge in [-0.05, 0) is 57.9 Å². The van der Waals surface area contributed by atoms with Gasteiger partial charge in [-0.15, -0.1) is 10.2 Å². The van der Waals surface area contributed by atoms with E-state index in [1.807, 2.05) is 24.3 Å². The van der Waals surface area contributed by atoms with E-state index < -0.39 is 11.8 Å². The number of fused-ring (bicyclic) bond motifs is 1. The Morgan fingerprint density at radius 2 is 2.00 bits per heavy atom. The van der Waals surface area contributed by atoms with Gasteiger partial charge in [0.15, 0.2) is 11.2 Å². The van der Waals surface area contributed by atoms with E-state index in [-0.39, 0.29) is 6.04 Å². The molecule has 1 fully saturated rings. The molecule has 0 aliphatic carbocycles. The predicted molar refractivity (Wildman–Crippen MR) is 117 cm³/mol. The average molecular weight is 441 g/mol. The van der Waals surface area contributed by atoms with E-state index in [9.17, 15) is 4.79 Å². The number of benzene rings is 1. The summed E-state index contributed by atoms with van der Waals surface area (Å²) in [6.07, 6.45) is 2.68. The number of carbonyl (C=O) groups is 1. The molecule has 4 rings (SSSR count). The molecule has 0 spiro atoms. The monoisotopic (exact) mass is 441 g/mol. The molecule has 11 heteroatoms. The highest BCUT2D eigenvalue weighted by Gasteiger charge is 2.26. The summed E-state index contributed by atoms with van der Waals surface area (Å²) in [5.74, 6) is 1.21. The first-order valence-electron chi connectivity index (χ1n) is 10.5. The SMILES string of the molecule is COc1ccc(-n2nnc3cnc(N[C@@H]4CCCN(OC(=O)OC(C)(C)C)C4)nc32)cc1. The number of anilines is 1. The Morgan fingerprint density at radius 1 is 1.22 bits per heavy atom. The van der Waals surface area contributed by atoms with Crippen LogP contribution in [0, 0.1) is 0 Å². The van der Waals surface area contributed by atoms with Gasteiger partial charge in [0.25, 0.3) is 0 Å². The zero-order valence-corrected chi connectivity index (χ0v) is 18.6. The van der Waals surface area contributed by atoms with Crippen LogP contribution >= 0.6 is 0 Å². The minimum Gasteiger partial charge on any atom is -0.497 e. The van der Waals surface area contributed by atoms with Crippen molar-refractivity contribution < 1.29 is 19.1 Å². The quantitative estimate of drug-likeness (QED) is 0.592. The van der Waals surface area contributed by atoms with Gasteiger partial charge in [0, 0.05) is 12.6 Å². The first kappa shape index (κ1) is 21.8. The number of hydrogen-bond acceptors (Lipinski definition) is 10. The van der Waals surface area contributed by atoms with E-state index in [0.717, 1.165) is 24.3 Å². The molecular formula is C21H27N7O4. The Kier molecular flexibility index (Phi) is 6.08. The molecular weight excluding hydrogens is 414 g/mol. The highest BCUT2D eigenvalue weighted by atomic mass is 16.8. The first-order valence-corrected chi connectivity index (χ1v) is 10.5. The van der Waals surface area contributed by atoms with Gasteiger partial charge in [-0.2, -0.15) is 9.67 Å². The lowest BCUT2D eigenvalue weighted by Crippen LogP contribution is -2.44. The van der Waals surface area contributed by atoms with Gasteiger partial charge in [0.1, 0.15) is 11.4 Å². The minimum absolute atomic E-state index is 0.00829. The number of nitrogens with one attached hydrogen (secondary N) is 1. The Labute approximate surface area is 185 Å². The minimum atomic E-state index is -0.703. The zero-order chi connectivity index (χ0) is 22.7. The van der Waals surface area contributed by atoms with Crippen molar-refractivity contribution in [2.45, 2.75) is 45.3 Å². The molecule has 1 N–H and O–H groups in total. The third-order valence-corrected chi connectivity index (χ3v) is 4.82. The largest absolute Gasteiger partial charge is 0.528 e. The summed E-state index contributed by atoms with van der Waals surface area (Å²) in [5, 5.41) is 13.3. The van der Waals surface area contributed by atoms with Crippen LogP contribution in [0.4, 0.5) is 10.7 Å². The van der Waals surface area contributed by atoms with E-state index in [1.165, 1.54) is 0 Å². The number of piperidine rings is 1. The van der Waals surface area contributed by atoms with Crippen LogP contribution in [0.1, 0.15) is 33.6 Å². The van der Waals surface area contributed by atoms with Gasteiger partial charge in [0.05, 0.1) is 25.5 Å². The van der Waals surface area contributed by atoms with Gasteiger partial charge in [-0.25, -0.2) is 9.78 Å². The second-order valence-corrected chi connectivity index (χ2v) is 8.53. The zero-order valence-electron chi connectivity index (χ0n) is 18.6. The van der Waals surface area contributed by atoms with E-state index in [1.54, 1.807) is 43.8 Å². The topological polar surface area (TPSA) is 117 Å². The van der Waals surface area contributed by atoms with Crippen LogP contribution in [0.15, 0.2) is 30.5 Å². The number of methoxy groups -OCH3 is 1. The fourth-order valence-electron chi connectivity index (χ4n) is 3.39. The number of rotatable bonds is 5. The lowest BCUT2D eigenvalue weighted by atomic mass is 10.1. The van der Waals surface area contributed by atoms with Crippen LogP contribution in [-0.2, 0) is 9.57 Å². The summed E-state index contributed by atoms with van der Waals surface area (Å²) in [5.41, 5.74) is 1.39. The van der Waals surface area contributed by atoms with Gasteiger partial charge < -0.3 is 19.6 Å². The van der Waals surface area contributed by atoms with Gasteiger partial charge in [-0.3, -0.25) is 0 Å². The molecule has 1 aliphatic heterocycles. The Hall–Kier alpha value is -3.47. The maximum Gasteiger partial charge on any atom is 0.528 e. The van der Waals surface area contributed by atoms with Crippen LogP contribution in [0.25, 0.3) is 16.9 Å². The number of nitrogens with zero attached hydrogens (tertiary/aromatic N) is 6. The van der Waals surface area contributed by atoms with Crippen molar-refractivity contribution in [3.05, 3.63) is 30.5 Å². The van der Waals surface area contributed by atoms with Crippen LogP contribution < -0.4 is 10.1 Å². The van der Waals surface area contributed by atoms with Crippen LogP contribution in [0.2, 0.25) is 0 Å². The van der Waals surface area contributed by atoms with Crippen molar-refractivity contribution in [1.29, 1.82) is 0 Å². The molecule has 3 heterocycles. The Bertz CT molecular complexity index is 1080. The van der Waals surface area contributed by atoms with Crippen molar-refractivity contribution in [3.63, 3.8) is 0 Å². The van der Waals surface area contributed by atoms with E-state index in [0.29, 0.717) is 30.2 Å². The standard InChI is InChI=1S/C21H27N7O4/c1-21(2,3)31-20(29)32-27-11-5-6-14(13-27)23-19-22-12-17-18(24-19)28(26-25-17)15-7-9-16(30-4)10-8-15/h7-10,12,14H,5-6,11,13H2,1-4H3,(H,22,23,24)/t14-/m1/s1. The van der Waals surface area contributed by atoms with Crippen molar-refractivity contribution in [2.24, 2.45) is 0 Å². The second-order valence-electron chi connectivity index (χ2n) is 8.53. The molecule has 2 aromatic heterocycles. The molecule has 0 bridgehead atoms. The molecule has 0 unspecified atom stereocenters. The van der Waals surface area contributed by atoms with Crippen molar-refractivity contribution >= 4 is 23.3 Å². The normalized spacial score (nSPS) is 17.2. The highest BCUT2D eigenvalue weighted by molar-refractivity contribution is 5.72. The predicted octanol–water partition coefficient (Wildman–Crippen LogP) is 2.96. The fourth-order valence-corrected chi connectivity index (χ4v) is 3.39. The third-order valence-electron chi connectivity index (χ3n) is 4.82. The molecule has 1 aliphatic rings. The van der Waals surface area contributed by atoms with Crippen LogP contribution in [0.5, 0.6) is 5.75 Å². The Balaban J connectivity index is 1.45. The molecule has 32 heavy (non-hydrogen) atoms. The number of hydrogen-bond donors (Lipinski definition) is 1. The van der Waals surface area contributed by atoms with Crippen molar-refractivity contribution in [3.8, 4) is 11.4 Å². The smallest absolute Gasteiger partial charge is 0.497 e. The summed E-state index contributed by atoms with van der Waals surface area (Å²) >= 11 is 0. The van der Waals surface area contributed by atoms with Gasteiger partial charge >= 0.3 is 6.16 Å². The van der Waals surface area contributed by atoms with Crippen molar-refractivity contribution in [1.82, 2.24) is 30.0 Å². The average Bonchev–Trinajstić information content (AvgIpc) is 3.16. The lowest BCUT2D eigenvalue weighted by molar-refractivity contribution is -0.151. The lowest BCUT2D eigenvalue weighted by Gasteiger charge is -2.31. The van der Waals surface area contributed by atoms with Crippen molar-refractivity contribution in [2.75, 3.05) is 25.5 Å². The molecule has 1 saturated heterocycles.